The molecule has 7 heteroatoms. The number of aliphatic hydroxyl groups is 1. The van der Waals surface area contributed by atoms with Gasteiger partial charge in [0.2, 0.25) is 0 Å². The number of carbonyl (C=O) groups is 1. The Morgan fingerprint density at radius 3 is 2.74 bits per heavy atom. The van der Waals surface area contributed by atoms with Gasteiger partial charge < -0.3 is 19.4 Å². The van der Waals surface area contributed by atoms with E-state index in [9.17, 15) is 9.90 Å². The quantitative estimate of drug-likeness (QED) is 0.148. The number of hydrogen-bond acceptors (Lipinski definition) is 5. The van der Waals surface area contributed by atoms with Gasteiger partial charge in [0.1, 0.15) is 0 Å². The lowest BCUT2D eigenvalue weighted by Gasteiger charge is -2.45. The molecule has 5 atom stereocenters. The number of esters is 1. The fraction of sp³-hybridized carbons (Fsp3) is 0.450. The first-order valence-corrected chi connectivity index (χ1v) is 17.6. The lowest BCUT2D eigenvalue weighted by molar-refractivity contribution is -0.147. The molecule has 0 aliphatic carbocycles. The third-order valence-electron chi connectivity index (χ3n) is 11.9. The molecule has 1 saturated heterocycles. The Morgan fingerprint density at radius 2 is 1.96 bits per heavy atom. The molecule has 0 unspecified atom stereocenters. The predicted octanol–water partition coefficient (Wildman–Crippen LogP) is 7.10. The average Bonchev–Trinajstić information content (AvgIpc) is 3.69. The molecule has 0 spiro atoms. The van der Waals surface area contributed by atoms with Crippen molar-refractivity contribution in [3.8, 4) is 11.3 Å². The second-order valence-electron chi connectivity index (χ2n) is 14.1. The first-order chi connectivity index (χ1) is 23.0. The maximum absolute atomic E-state index is 13.9. The molecule has 7 nitrogen and oxygen atoms in total. The van der Waals surface area contributed by atoms with Gasteiger partial charge in [-0.15, -0.1) is 0 Å². The Morgan fingerprint density at radius 1 is 1.15 bits per heavy atom. The number of ether oxygens (including phenoxy) is 1. The van der Waals surface area contributed by atoms with Crippen LogP contribution in [0.2, 0.25) is 0 Å². The minimum absolute atomic E-state index is 0.0636. The molecule has 47 heavy (non-hydrogen) atoms. The van der Waals surface area contributed by atoms with Crippen LogP contribution in [0, 0.1) is 23.7 Å². The highest BCUT2D eigenvalue weighted by molar-refractivity contribution is 5.99. The fourth-order valence-corrected chi connectivity index (χ4v) is 9.48. The number of aromatic nitrogens is 3. The average molecular weight is 631 g/mol. The number of nitrogens with zero attached hydrogens (tertiary/aromatic N) is 3. The molecule has 1 aromatic heterocycles. The van der Waals surface area contributed by atoms with Crippen LogP contribution < -0.4 is 0 Å². The molecule has 0 bridgehead atoms. The summed E-state index contributed by atoms with van der Waals surface area (Å²) in [7, 11) is 1.54. The number of benzene rings is 2. The zero-order chi connectivity index (χ0) is 32.2. The molecule has 2 N–H and O–H groups in total. The van der Waals surface area contributed by atoms with Crippen molar-refractivity contribution in [3.05, 3.63) is 88.9 Å². The molecule has 5 aliphatic rings. The SMILES string of the molecule is C/C=C1/CN2CCc3c([nH]c4ccccc34)[C@@H]2C[C@@H]1[C@H](Cc1cn2c(c3nc4ccccc4c1-3)C[C@H](CCO)[C@@H](CC)C2)C(=O)OC. The highest BCUT2D eigenvalue weighted by atomic mass is 16.5. The summed E-state index contributed by atoms with van der Waals surface area (Å²) in [6, 6.07) is 17.3. The third-order valence-corrected chi connectivity index (χ3v) is 11.9. The topological polar surface area (TPSA) is 83.4 Å². The first kappa shape index (κ1) is 30.4. The highest BCUT2D eigenvalue weighted by Crippen LogP contribution is 2.47. The summed E-state index contributed by atoms with van der Waals surface area (Å²) in [6.45, 7) is 7.41. The number of pyridine rings is 1. The number of H-pyrrole nitrogens is 1. The van der Waals surface area contributed by atoms with Gasteiger partial charge in [-0.25, -0.2) is 4.98 Å². The number of aliphatic hydroxyl groups excluding tert-OH is 1. The molecular weight excluding hydrogens is 584 g/mol. The molecule has 2 aromatic carbocycles. The first-order valence-electron chi connectivity index (χ1n) is 17.6. The van der Waals surface area contributed by atoms with Crippen LogP contribution in [0.15, 0.2) is 66.4 Å². The lowest BCUT2D eigenvalue weighted by Crippen LogP contribution is -2.45. The molecule has 1 fully saturated rings. The van der Waals surface area contributed by atoms with E-state index < -0.39 is 0 Å². The van der Waals surface area contributed by atoms with E-state index in [-0.39, 0.29) is 30.5 Å². The number of hydrogen-bond donors (Lipinski definition) is 2. The van der Waals surface area contributed by atoms with Crippen LogP contribution in [0.25, 0.3) is 33.1 Å². The monoisotopic (exact) mass is 630 g/mol. The van der Waals surface area contributed by atoms with Gasteiger partial charge in [-0.3, -0.25) is 9.69 Å². The standard InChI is InChI=1S/C40H46N4O3/c1-4-24-21-44-23-27(37-30-11-7-9-13-34(30)42-39(37)35(44)19-26(24)15-17-45)18-32(40(46)47-3)31-20-36-38-29(14-16-43(36)22-25(31)5-2)28-10-6-8-12-33(28)41-38/h5-13,23-24,26,31-32,36,41,45H,4,14-22H2,1-3H3/b25-5-/t24-,26-,31-,32-,36-/m0/s1. The summed E-state index contributed by atoms with van der Waals surface area (Å²) in [4.78, 5) is 25.6. The van der Waals surface area contributed by atoms with Crippen LogP contribution in [0.1, 0.15) is 61.7 Å². The summed E-state index contributed by atoms with van der Waals surface area (Å²) >= 11 is 0. The molecular formula is C40H46N4O3. The van der Waals surface area contributed by atoms with E-state index in [0.29, 0.717) is 18.3 Å². The van der Waals surface area contributed by atoms with Gasteiger partial charge in [-0.05, 0) is 80.0 Å². The van der Waals surface area contributed by atoms with Crippen molar-refractivity contribution in [2.24, 2.45) is 23.7 Å². The number of fused-ring (bicyclic) bond motifs is 10. The number of nitrogens with one attached hydrogen (secondary N) is 1. The van der Waals surface area contributed by atoms with E-state index in [2.05, 4.69) is 89.1 Å². The predicted molar refractivity (Wildman–Crippen MR) is 186 cm³/mol. The number of rotatable bonds is 7. The van der Waals surface area contributed by atoms with Gasteiger partial charge in [0.25, 0.3) is 0 Å². The third kappa shape index (κ3) is 5.01. The van der Waals surface area contributed by atoms with Crippen molar-refractivity contribution in [1.29, 1.82) is 0 Å². The van der Waals surface area contributed by atoms with Crippen molar-refractivity contribution in [2.75, 3.05) is 26.8 Å². The smallest absolute Gasteiger partial charge is 0.309 e. The van der Waals surface area contributed by atoms with Crippen molar-refractivity contribution >= 4 is 27.8 Å². The number of allylic oxidation sites excluding steroid dienone is 1. The minimum atomic E-state index is -0.314. The maximum atomic E-state index is 13.9. The molecule has 0 amide bonds. The van der Waals surface area contributed by atoms with E-state index in [1.165, 1.54) is 44.6 Å². The van der Waals surface area contributed by atoms with Crippen molar-refractivity contribution < 1.29 is 14.6 Å². The van der Waals surface area contributed by atoms with Gasteiger partial charge in [-0.1, -0.05) is 61.4 Å². The number of piperidine rings is 1. The van der Waals surface area contributed by atoms with Gasteiger partial charge in [0, 0.05) is 65.7 Å². The summed E-state index contributed by atoms with van der Waals surface area (Å²) in [6.07, 6.45) is 9.91. The minimum Gasteiger partial charge on any atom is -0.469 e. The van der Waals surface area contributed by atoms with Crippen LogP contribution >= 0.6 is 0 Å². The number of aromatic amines is 1. The number of methoxy groups -OCH3 is 1. The fourth-order valence-electron chi connectivity index (χ4n) is 9.48. The Labute approximate surface area is 277 Å². The second-order valence-corrected chi connectivity index (χ2v) is 14.1. The number of para-hydroxylation sites is 2. The molecule has 0 saturated carbocycles. The molecule has 3 aromatic rings. The highest BCUT2D eigenvalue weighted by Gasteiger charge is 2.43. The van der Waals surface area contributed by atoms with Crippen LogP contribution in [0.5, 0.6) is 0 Å². The van der Waals surface area contributed by atoms with Crippen molar-refractivity contribution in [2.45, 2.75) is 65.0 Å². The van der Waals surface area contributed by atoms with Crippen LogP contribution in [0.4, 0.5) is 0 Å². The van der Waals surface area contributed by atoms with Crippen LogP contribution in [0.3, 0.4) is 0 Å². The van der Waals surface area contributed by atoms with E-state index in [1.807, 2.05) is 0 Å². The van der Waals surface area contributed by atoms with Crippen LogP contribution in [-0.4, -0.2) is 57.3 Å². The van der Waals surface area contributed by atoms with Gasteiger partial charge >= 0.3 is 5.97 Å². The Balaban J connectivity index is 1.22. The lowest BCUT2D eigenvalue weighted by atomic mass is 9.72. The summed E-state index contributed by atoms with van der Waals surface area (Å²) in [5.41, 5.74) is 11.0. The largest absolute Gasteiger partial charge is 0.469 e. The Bertz CT molecular complexity index is 1950. The van der Waals surface area contributed by atoms with Crippen LogP contribution in [-0.2, 0) is 35.3 Å². The van der Waals surface area contributed by atoms with E-state index >= 15 is 0 Å². The molecule has 6 heterocycles. The number of carbonyl (C=O) groups excluding carboxylic acids is 1. The Hall–Kier alpha value is -3.94. The second kappa shape index (κ2) is 12.3. The zero-order valence-electron chi connectivity index (χ0n) is 27.8. The molecule has 0 radical (unpaired) electrons. The van der Waals surface area contributed by atoms with Crippen molar-refractivity contribution in [1.82, 2.24) is 19.4 Å². The zero-order valence-corrected chi connectivity index (χ0v) is 27.8. The van der Waals surface area contributed by atoms with Crippen molar-refractivity contribution in [3.63, 3.8) is 0 Å². The Kier molecular flexibility index (Phi) is 7.93. The van der Waals surface area contributed by atoms with E-state index in [0.717, 1.165) is 68.3 Å². The van der Waals surface area contributed by atoms with Gasteiger partial charge in [0.05, 0.1) is 30.3 Å². The normalized spacial score (nSPS) is 24.4. The van der Waals surface area contributed by atoms with E-state index in [1.54, 1.807) is 7.11 Å². The van der Waals surface area contributed by atoms with E-state index in [4.69, 9.17) is 9.72 Å². The maximum Gasteiger partial charge on any atom is 0.309 e. The molecule has 244 valence electrons. The summed E-state index contributed by atoms with van der Waals surface area (Å²) < 4.78 is 8.05. The van der Waals surface area contributed by atoms with Gasteiger partial charge in [0.15, 0.2) is 0 Å². The van der Waals surface area contributed by atoms with Gasteiger partial charge in [-0.2, -0.15) is 0 Å². The summed E-state index contributed by atoms with van der Waals surface area (Å²) in [5, 5.41) is 12.4. The summed E-state index contributed by atoms with van der Waals surface area (Å²) in [5.74, 6) is 0.556. The molecule has 8 rings (SSSR count). The molecule has 5 aliphatic heterocycles.